The van der Waals surface area contributed by atoms with E-state index in [2.05, 4.69) is 18.9 Å². The minimum Gasteiger partial charge on any atom is -0.426 e. The molecule has 0 atom stereocenters. The van der Waals surface area contributed by atoms with E-state index in [1.807, 2.05) is 27.7 Å². The highest BCUT2D eigenvalue weighted by Crippen LogP contribution is 2.39. The summed E-state index contributed by atoms with van der Waals surface area (Å²) in [6.45, 7) is 14.2. The summed E-state index contributed by atoms with van der Waals surface area (Å²) in [5.74, 6) is -9.81. The monoisotopic (exact) mass is 1250 g/mol. The Morgan fingerprint density at radius 1 is 0.250 bits per heavy atom. The minimum atomic E-state index is -4.07. The van der Waals surface area contributed by atoms with Crippen LogP contribution < -0.4 is 18.9 Å². The molecule has 0 amide bonds. The van der Waals surface area contributed by atoms with Gasteiger partial charge in [0.1, 0.15) is 23.3 Å². The largest absolute Gasteiger partial charge is 0.429 e. The quantitative estimate of drug-likeness (QED) is 0.0713. The van der Waals surface area contributed by atoms with Crippen molar-refractivity contribution in [3.05, 3.63) is 259 Å². The first-order valence-corrected chi connectivity index (χ1v) is 28.0. The Kier molecular flexibility index (Phi) is 25.0. The predicted octanol–water partition coefficient (Wildman–Crippen LogP) is 20.9. The van der Waals surface area contributed by atoms with Gasteiger partial charge in [0.05, 0.1) is 22.3 Å². The van der Waals surface area contributed by atoms with Crippen LogP contribution in [0.2, 0.25) is 0 Å². The highest BCUT2D eigenvalue weighted by molar-refractivity contribution is 5.37. The van der Waals surface area contributed by atoms with E-state index in [4.69, 9.17) is 0 Å². The first-order chi connectivity index (χ1) is 41.5. The smallest absolute Gasteiger partial charge is 0.426 e. The number of benzene rings is 8. The van der Waals surface area contributed by atoms with Gasteiger partial charge >= 0.3 is 24.4 Å². The molecule has 0 saturated heterocycles. The second kappa shape index (κ2) is 31.1. The summed E-state index contributed by atoms with van der Waals surface area (Å²) in [7, 11) is 0. The van der Waals surface area contributed by atoms with Gasteiger partial charge in [-0.15, -0.1) is 0 Å². The number of hydrogen-bond donors (Lipinski definition) is 0. The lowest BCUT2D eigenvalue weighted by molar-refractivity contribution is -0.189. The Morgan fingerprint density at radius 2 is 0.545 bits per heavy atom. The maximum absolute atomic E-state index is 14.1. The van der Waals surface area contributed by atoms with Crippen LogP contribution >= 0.6 is 0 Å². The van der Waals surface area contributed by atoms with Gasteiger partial charge in [-0.2, -0.15) is 35.1 Å². The lowest BCUT2D eigenvalue weighted by Gasteiger charge is -2.19. The van der Waals surface area contributed by atoms with Crippen LogP contribution in [0.15, 0.2) is 146 Å². The number of ether oxygens (including phenoxy) is 4. The zero-order valence-corrected chi connectivity index (χ0v) is 49.2. The molecule has 0 aliphatic carbocycles. The van der Waals surface area contributed by atoms with Crippen molar-refractivity contribution in [2.24, 2.45) is 0 Å². The third kappa shape index (κ3) is 18.9. The van der Waals surface area contributed by atoms with Crippen molar-refractivity contribution >= 4 is 0 Å². The number of hydrogen-bond acceptors (Lipinski definition) is 4. The highest BCUT2D eigenvalue weighted by Gasteiger charge is 2.40. The van der Waals surface area contributed by atoms with Crippen LogP contribution in [0.25, 0.3) is 0 Å². The number of rotatable bonds is 20. The summed E-state index contributed by atoms with van der Waals surface area (Å²) < 4.78 is 240. The molecule has 0 heterocycles. The molecule has 0 radical (unpaired) electrons. The van der Waals surface area contributed by atoms with Gasteiger partial charge in [0.25, 0.3) is 0 Å². The highest BCUT2D eigenvalue weighted by atomic mass is 19.3. The molecule has 0 bridgehead atoms. The molecule has 0 aromatic heterocycles. The number of halogens is 16. The van der Waals surface area contributed by atoms with E-state index >= 15 is 0 Å². The lowest BCUT2D eigenvalue weighted by atomic mass is 10.1. The van der Waals surface area contributed by atoms with E-state index < -0.39 is 111 Å². The van der Waals surface area contributed by atoms with Gasteiger partial charge in [-0.05, 0) is 187 Å². The molecule has 8 aromatic rings. The van der Waals surface area contributed by atoms with Crippen LogP contribution in [0, 0.1) is 46.5 Å². The van der Waals surface area contributed by atoms with Crippen LogP contribution in [0.1, 0.15) is 122 Å². The molecule has 0 aliphatic rings. The predicted molar refractivity (Wildman–Crippen MR) is 304 cm³/mol. The summed E-state index contributed by atoms with van der Waals surface area (Å²) in [5, 5.41) is 0. The normalized spacial score (nSPS) is 11.5. The first kappa shape index (κ1) is 70.6. The Labute approximate surface area is 500 Å². The molecular weight excluding hydrogens is 1180 g/mol. The molecule has 0 aliphatic heterocycles. The van der Waals surface area contributed by atoms with Gasteiger partial charge in [-0.3, -0.25) is 0 Å². The molecule has 20 heteroatoms. The first-order valence-electron chi connectivity index (χ1n) is 28.0. The zero-order valence-electron chi connectivity index (χ0n) is 49.2. The summed E-state index contributed by atoms with van der Waals surface area (Å²) >= 11 is 0. The van der Waals surface area contributed by atoms with Crippen LogP contribution in [0.3, 0.4) is 0 Å². The van der Waals surface area contributed by atoms with Gasteiger partial charge in [0, 0.05) is 5.56 Å². The van der Waals surface area contributed by atoms with Crippen molar-refractivity contribution in [2.45, 2.75) is 131 Å². The average Bonchev–Trinajstić information content (AvgIpc) is 2.95. The van der Waals surface area contributed by atoms with Crippen molar-refractivity contribution in [1.82, 2.24) is 0 Å². The third-order valence-electron chi connectivity index (χ3n) is 13.6. The van der Waals surface area contributed by atoms with Gasteiger partial charge < -0.3 is 18.9 Å². The SMILES string of the molecule is CCc1ccc(C(F)(F)Oc2ccc(CC)cc2F)cc1.CCc1ccc(OC(F)(F)c2cc(F)c(CC)c(F)c2)c(F)c1.CCc1ccc(OC(F)(F)c2ccc(CC)c(F)c2)c(F)c1.CCc1ccc(OC(F)(F)c2ccc(CC)cc2F)c(F)c1. The molecule has 0 N–H and O–H groups in total. The molecule has 472 valence electrons. The van der Waals surface area contributed by atoms with Crippen molar-refractivity contribution in [1.29, 1.82) is 0 Å². The molecule has 88 heavy (non-hydrogen) atoms. The minimum absolute atomic E-state index is 0.0253. The summed E-state index contributed by atoms with van der Waals surface area (Å²) in [6.07, 6.45) is -11.4. The standard InChI is InChI=1S/C17H15F5O.2C17H16F4O.C17H17F3O/c1-3-10-5-6-16(15(20)7-10)23-17(21,22)11-8-13(18)12(4-2)14(19)9-11;1-3-11-5-8-16(15(19)9-11)22-17(20,21)13-7-6-12(4-2)14(18)10-13;1-3-11-5-7-13(14(18)9-11)17(20,21)22-16-8-6-12(4-2)10-15(16)19;1-3-12-5-8-14(9-6-12)17(19,20)21-16-10-7-13(4-2)11-15(16)18/h5-9H,3-4H2,1-2H3;2*5-10H,3-4H2,1-2H3;5-11H,3-4H2,1-2H3. The van der Waals surface area contributed by atoms with Gasteiger partial charge in [-0.25, -0.2) is 35.1 Å². The maximum atomic E-state index is 14.1. The maximum Gasteiger partial charge on any atom is 0.429 e. The third-order valence-corrected chi connectivity index (χ3v) is 13.6. The summed E-state index contributed by atoms with van der Waals surface area (Å²) in [6, 6.07) is 28.5. The molecular formula is C68H64F16O4. The fourth-order valence-electron chi connectivity index (χ4n) is 8.25. The molecule has 0 spiro atoms. The second-order valence-corrected chi connectivity index (χ2v) is 19.6. The van der Waals surface area contributed by atoms with Crippen LogP contribution in [-0.4, -0.2) is 0 Å². The van der Waals surface area contributed by atoms with Crippen molar-refractivity contribution in [2.75, 3.05) is 0 Å². The molecule has 0 saturated carbocycles. The Bertz CT molecular complexity index is 3570. The molecule has 0 fully saturated rings. The van der Waals surface area contributed by atoms with Gasteiger partial charge in [0.2, 0.25) is 0 Å². The molecule has 8 rings (SSSR count). The zero-order chi connectivity index (χ0) is 65.3. The molecule has 4 nitrogen and oxygen atoms in total. The Balaban J connectivity index is 0.000000214. The fraction of sp³-hybridized carbons (Fsp3) is 0.294. The average molecular weight is 1250 g/mol. The van der Waals surface area contributed by atoms with Crippen LogP contribution in [-0.2, 0) is 75.8 Å². The summed E-state index contributed by atoms with van der Waals surface area (Å²) in [5.41, 5.74) is 1.40. The second-order valence-electron chi connectivity index (χ2n) is 19.6. The number of aryl methyl sites for hydroxylation is 7. The van der Waals surface area contributed by atoms with E-state index in [0.29, 0.717) is 78.5 Å². The van der Waals surface area contributed by atoms with E-state index in [9.17, 15) is 70.2 Å². The van der Waals surface area contributed by atoms with Gasteiger partial charge in [0.15, 0.2) is 46.3 Å². The number of alkyl halides is 8. The van der Waals surface area contributed by atoms with Crippen LogP contribution in [0.4, 0.5) is 70.2 Å². The van der Waals surface area contributed by atoms with Crippen molar-refractivity contribution in [3.8, 4) is 23.0 Å². The van der Waals surface area contributed by atoms with Gasteiger partial charge in [-0.1, -0.05) is 104 Å². The van der Waals surface area contributed by atoms with E-state index in [1.165, 1.54) is 61.5 Å². The molecule has 0 unspecified atom stereocenters. The van der Waals surface area contributed by atoms with Crippen molar-refractivity contribution in [3.63, 3.8) is 0 Å². The van der Waals surface area contributed by atoms with E-state index in [1.54, 1.807) is 39.0 Å². The Hall–Kier alpha value is -8.16. The topological polar surface area (TPSA) is 36.9 Å². The van der Waals surface area contributed by atoms with Crippen molar-refractivity contribution < 1.29 is 89.2 Å². The van der Waals surface area contributed by atoms with Crippen LogP contribution in [0.5, 0.6) is 23.0 Å². The summed E-state index contributed by atoms with van der Waals surface area (Å²) in [4.78, 5) is 0. The molecule has 8 aromatic carbocycles. The fourth-order valence-corrected chi connectivity index (χ4v) is 8.25. The van der Waals surface area contributed by atoms with E-state index in [0.717, 1.165) is 78.2 Å². The Morgan fingerprint density at radius 3 is 0.864 bits per heavy atom. The van der Waals surface area contributed by atoms with E-state index in [-0.39, 0.29) is 17.5 Å². The lowest BCUT2D eigenvalue weighted by Crippen LogP contribution is -2.24.